The van der Waals surface area contributed by atoms with E-state index in [1.165, 1.54) is 0 Å². The Morgan fingerprint density at radius 1 is 1.10 bits per heavy atom. The first-order chi connectivity index (χ1) is 9.99. The standard InChI is InChI=1S/C16H21BrO3S/c17-14-10-8-13(9-11-14)16(18)7-4-12-21(19,20)15-5-2-1-3-6-15/h8-11,15H,1-7,12H2. The number of carbonyl (C=O) groups excluding carboxylic acids is 1. The minimum atomic E-state index is -3.03. The van der Waals surface area contributed by atoms with Crippen LogP contribution in [0.25, 0.3) is 0 Å². The van der Waals surface area contributed by atoms with E-state index in [4.69, 9.17) is 0 Å². The van der Waals surface area contributed by atoms with Crippen LogP contribution in [0, 0.1) is 0 Å². The van der Waals surface area contributed by atoms with Crippen LogP contribution in [-0.4, -0.2) is 25.2 Å². The maximum Gasteiger partial charge on any atom is 0.162 e. The number of sulfone groups is 1. The van der Waals surface area contributed by atoms with Gasteiger partial charge in [0.2, 0.25) is 0 Å². The van der Waals surface area contributed by atoms with Crippen LogP contribution < -0.4 is 0 Å². The van der Waals surface area contributed by atoms with Crippen LogP contribution in [-0.2, 0) is 9.84 Å². The molecular formula is C16H21BrO3S. The van der Waals surface area contributed by atoms with Gasteiger partial charge in [-0.1, -0.05) is 47.3 Å². The number of benzene rings is 1. The molecule has 21 heavy (non-hydrogen) atoms. The normalized spacial score (nSPS) is 16.8. The van der Waals surface area contributed by atoms with Gasteiger partial charge in [-0.25, -0.2) is 8.42 Å². The highest BCUT2D eigenvalue weighted by atomic mass is 79.9. The zero-order chi connectivity index (χ0) is 15.3. The second-order valence-corrected chi connectivity index (χ2v) is 8.98. The maximum atomic E-state index is 12.2. The van der Waals surface area contributed by atoms with Crippen molar-refractivity contribution in [3.8, 4) is 0 Å². The fraction of sp³-hybridized carbons (Fsp3) is 0.562. The lowest BCUT2D eigenvalue weighted by atomic mass is 10.0. The molecule has 5 heteroatoms. The predicted molar refractivity (Wildman–Crippen MR) is 88.4 cm³/mol. The van der Waals surface area contributed by atoms with E-state index in [1.54, 1.807) is 12.1 Å². The third-order valence-corrected chi connectivity index (χ3v) is 6.93. The lowest BCUT2D eigenvalue weighted by Gasteiger charge is -2.21. The summed E-state index contributed by atoms with van der Waals surface area (Å²) in [5.74, 6) is 0.154. The first-order valence-corrected chi connectivity index (χ1v) is 10.0. The van der Waals surface area contributed by atoms with E-state index in [0.29, 0.717) is 18.4 Å². The quantitative estimate of drug-likeness (QED) is 0.704. The van der Waals surface area contributed by atoms with Gasteiger partial charge < -0.3 is 0 Å². The molecule has 0 aliphatic heterocycles. The molecule has 0 radical (unpaired) electrons. The van der Waals surface area contributed by atoms with Crippen LogP contribution >= 0.6 is 15.9 Å². The summed E-state index contributed by atoms with van der Waals surface area (Å²) in [6, 6.07) is 7.18. The van der Waals surface area contributed by atoms with E-state index in [0.717, 1.165) is 36.6 Å². The molecule has 0 spiro atoms. The Kier molecular flexibility index (Phi) is 5.99. The molecule has 0 amide bonds. The molecule has 1 aromatic rings. The van der Waals surface area contributed by atoms with E-state index in [2.05, 4.69) is 15.9 Å². The Balaban J connectivity index is 1.83. The predicted octanol–water partition coefficient (Wildman–Crippen LogP) is 4.16. The molecule has 0 N–H and O–H groups in total. The van der Waals surface area contributed by atoms with E-state index >= 15 is 0 Å². The number of rotatable bonds is 6. The Morgan fingerprint density at radius 2 is 1.71 bits per heavy atom. The monoisotopic (exact) mass is 372 g/mol. The number of hydrogen-bond donors (Lipinski definition) is 0. The molecule has 0 bridgehead atoms. The van der Waals surface area contributed by atoms with Gasteiger partial charge >= 0.3 is 0 Å². The van der Waals surface area contributed by atoms with Crippen molar-refractivity contribution in [1.29, 1.82) is 0 Å². The molecule has 1 aliphatic carbocycles. The van der Waals surface area contributed by atoms with Gasteiger partial charge in [-0.05, 0) is 31.4 Å². The summed E-state index contributed by atoms with van der Waals surface area (Å²) in [6.07, 6.45) is 5.49. The van der Waals surface area contributed by atoms with Gasteiger partial charge in [0.15, 0.2) is 15.6 Å². The maximum absolute atomic E-state index is 12.2. The fourth-order valence-corrected chi connectivity index (χ4v) is 5.00. The Bertz CT molecular complexity index is 572. The summed E-state index contributed by atoms with van der Waals surface area (Å²) in [7, 11) is -3.03. The zero-order valence-electron chi connectivity index (χ0n) is 12.1. The number of ketones is 1. The highest BCUT2D eigenvalue weighted by molar-refractivity contribution is 9.10. The molecule has 0 heterocycles. The first kappa shape index (κ1) is 16.7. The van der Waals surface area contributed by atoms with Gasteiger partial charge in [-0.3, -0.25) is 4.79 Å². The van der Waals surface area contributed by atoms with E-state index in [-0.39, 0.29) is 16.8 Å². The van der Waals surface area contributed by atoms with Crippen molar-refractivity contribution in [3.05, 3.63) is 34.3 Å². The Morgan fingerprint density at radius 3 is 2.33 bits per heavy atom. The van der Waals surface area contributed by atoms with Gasteiger partial charge in [-0.2, -0.15) is 0 Å². The van der Waals surface area contributed by atoms with Crippen LogP contribution in [0.3, 0.4) is 0 Å². The lowest BCUT2D eigenvalue weighted by molar-refractivity contribution is 0.0982. The molecular weight excluding hydrogens is 352 g/mol. The third kappa shape index (κ3) is 4.92. The molecule has 0 saturated heterocycles. The van der Waals surface area contributed by atoms with Crippen LogP contribution in [0.1, 0.15) is 55.3 Å². The van der Waals surface area contributed by atoms with E-state index < -0.39 is 9.84 Å². The summed E-state index contributed by atoms with van der Waals surface area (Å²) >= 11 is 3.33. The van der Waals surface area contributed by atoms with Gasteiger partial charge in [0.1, 0.15) is 0 Å². The molecule has 0 atom stereocenters. The van der Waals surface area contributed by atoms with Crippen molar-refractivity contribution in [2.24, 2.45) is 0 Å². The molecule has 2 rings (SSSR count). The molecule has 1 aliphatic rings. The molecule has 116 valence electrons. The zero-order valence-corrected chi connectivity index (χ0v) is 14.5. The largest absolute Gasteiger partial charge is 0.294 e. The smallest absolute Gasteiger partial charge is 0.162 e. The van der Waals surface area contributed by atoms with Crippen molar-refractivity contribution in [3.63, 3.8) is 0 Å². The molecule has 0 aromatic heterocycles. The average molecular weight is 373 g/mol. The van der Waals surface area contributed by atoms with Gasteiger partial charge in [0.25, 0.3) is 0 Å². The van der Waals surface area contributed by atoms with Crippen molar-refractivity contribution in [1.82, 2.24) is 0 Å². The average Bonchev–Trinajstić information content (AvgIpc) is 2.48. The number of hydrogen-bond acceptors (Lipinski definition) is 3. The second-order valence-electron chi connectivity index (χ2n) is 5.66. The first-order valence-electron chi connectivity index (χ1n) is 7.49. The Labute approximate surface area is 135 Å². The minimum Gasteiger partial charge on any atom is -0.294 e. The van der Waals surface area contributed by atoms with Crippen molar-refractivity contribution < 1.29 is 13.2 Å². The topological polar surface area (TPSA) is 51.2 Å². The minimum absolute atomic E-state index is 0.0151. The third-order valence-electron chi connectivity index (χ3n) is 4.06. The van der Waals surface area contributed by atoms with Crippen LogP contribution in [0.2, 0.25) is 0 Å². The van der Waals surface area contributed by atoms with Crippen LogP contribution in [0.5, 0.6) is 0 Å². The SMILES string of the molecule is O=C(CCCS(=O)(=O)C1CCCCC1)c1ccc(Br)cc1. The summed E-state index contributed by atoms with van der Waals surface area (Å²) < 4.78 is 25.4. The van der Waals surface area contributed by atoms with E-state index in [9.17, 15) is 13.2 Å². The summed E-state index contributed by atoms with van der Waals surface area (Å²) in [5, 5.41) is -0.172. The van der Waals surface area contributed by atoms with Gasteiger partial charge in [0.05, 0.1) is 11.0 Å². The number of halogens is 1. The summed E-state index contributed by atoms with van der Waals surface area (Å²) in [4.78, 5) is 12.0. The lowest BCUT2D eigenvalue weighted by Crippen LogP contribution is -2.26. The van der Waals surface area contributed by atoms with Crippen molar-refractivity contribution in [2.45, 2.75) is 50.2 Å². The molecule has 3 nitrogen and oxygen atoms in total. The summed E-state index contributed by atoms with van der Waals surface area (Å²) in [5.41, 5.74) is 0.647. The second kappa shape index (κ2) is 7.54. The highest BCUT2D eigenvalue weighted by Crippen LogP contribution is 2.25. The van der Waals surface area contributed by atoms with Crippen LogP contribution in [0.4, 0.5) is 0 Å². The van der Waals surface area contributed by atoms with Gasteiger partial charge in [-0.15, -0.1) is 0 Å². The molecule has 1 fully saturated rings. The molecule has 0 unspecified atom stereocenters. The van der Waals surface area contributed by atoms with E-state index in [1.807, 2.05) is 12.1 Å². The van der Waals surface area contributed by atoms with Crippen LogP contribution in [0.15, 0.2) is 28.7 Å². The number of Topliss-reactive ketones (excluding diaryl/α,β-unsaturated/α-hetero) is 1. The number of carbonyl (C=O) groups is 1. The molecule has 1 aromatic carbocycles. The Hall–Kier alpha value is -0.680. The highest BCUT2D eigenvalue weighted by Gasteiger charge is 2.26. The van der Waals surface area contributed by atoms with Crippen molar-refractivity contribution in [2.75, 3.05) is 5.75 Å². The van der Waals surface area contributed by atoms with Gasteiger partial charge in [0, 0.05) is 16.5 Å². The fourth-order valence-electron chi connectivity index (χ4n) is 2.80. The molecule has 1 saturated carbocycles. The van der Waals surface area contributed by atoms with Crippen molar-refractivity contribution >= 4 is 31.6 Å². The summed E-state index contributed by atoms with van der Waals surface area (Å²) in [6.45, 7) is 0.